The number of nitrogens with zero attached hydrogens (tertiary/aromatic N) is 6. The molecule has 1 atom stereocenters. The third-order valence-corrected chi connectivity index (χ3v) is 7.13. The number of aliphatic imine (C=N–C) groups is 2. The van der Waals surface area contributed by atoms with E-state index in [0.717, 1.165) is 40.5 Å². The minimum Gasteiger partial charge on any atom is -0.398 e. The van der Waals surface area contributed by atoms with Gasteiger partial charge in [0.2, 0.25) is 12.4 Å². The lowest BCUT2D eigenvalue weighted by atomic mass is 10.0. The molecule has 1 unspecified atom stereocenters. The van der Waals surface area contributed by atoms with Gasteiger partial charge >= 0.3 is 6.03 Å². The van der Waals surface area contributed by atoms with E-state index in [1.165, 1.54) is 9.80 Å². The van der Waals surface area contributed by atoms with Crippen LogP contribution in [0.4, 0.5) is 21.9 Å². The molecule has 3 rings (SSSR count). The summed E-state index contributed by atoms with van der Waals surface area (Å²) in [4.78, 5) is 46.9. The Morgan fingerprint density at radius 3 is 2.60 bits per heavy atom. The molecule has 0 bridgehead atoms. The summed E-state index contributed by atoms with van der Waals surface area (Å²) >= 11 is 0. The molecule has 0 aliphatic carbocycles. The highest BCUT2D eigenvalue weighted by molar-refractivity contribution is 7.27. The van der Waals surface area contributed by atoms with Gasteiger partial charge in [-0.2, -0.15) is 0 Å². The maximum atomic E-state index is 13.5. The number of carbonyl (C=O) groups excluding carboxylic acids is 2. The van der Waals surface area contributed by atoms with Crippen molar-refractivity contribution in [2.45, 2.75) is 53.5 Å². The van der Waals surface area contributed by atoms with Gasteiger partial charge in [-0.1, -0.05) is 32.4 Å². The molecule has 0 aliphatic heterocycles. The third kappa shape index (κ3) is 8.78. The van der Waals surface area contributed by atoms with Gasteiger partial charge in [0.15, 0.2) is 0 Å². The van der Waals surface area contributed by atoms with Crippen molar-refractivity contribution >= 4 is 61.8 Å². The van der Waals surface area contributed by atoms with Gasteiger partial charge in [-0.25, -0.2) is 9.79 Å². The Morgan fingerprint density at radius 2 is 1.95 bits per heavy atom. The maximum absolute atomic E-state index is 13.5. The van der Waals surface area contributed by atoms with Crippen molar-refractivity contribution < 1.29 is 9.59 Å². The zero-order valence-electron chi connectivity index (χ0n) is 25.8. The Labute approximate surface area is 256 Å². The molecule has 0 radical (unpaired) electrons. The van der Waals surface area contributed by atoms with Crippen molar-refractivity contribution in [3.63, 3.8) is 0 Å². The Bertz CT molecular complexity index is 1550. The van der Waals surface area contributed by atoms with E-state index in [1.807, 2.05) is 44.2 Å². The van der Waals surface area contributed by atoms with Crippen molar-refractivity contribution in [2.75, 3.05) is 24.7 Å². The standard InChI is InChI=1S/C32H41N8O2P/c1-7-9-22(4)30-29(43)12-11-25(36-30)19-40(20-41)31(38-32(42)39(6)26-13-21(3)16-35-18-26)37-28-15-24(17-34-5)27(33)14-23(28)10-8-2/h9,11-18,20H,7-8,10,19,33,43H2,1-6H3,(H,37,38,42)/b22-9+,34-17?. The number of carbonyl (C=O) groups is 2. The summed E-state index contributed by atoms with van der Waals surface area (Å²) in [5.41, 5.74) is 13.0. The summed E-state index contributed by atoms with van der Waals surface area (Å²) < 4.78 is 0. The van der Waals surface area contributed by atoms with Crippen LogP contribution >= 0.6 is 9.24 Å². The van der Waals surface area contributed by atoms with Crippen LogP contribution in [0.25, 0.3) is 5.57 Å². The number of nitrogens with one attached hydrogen (secondary N) is 1. The SMILES string of the molecule is CC/C=C(\C)c1nc(CN(C=O)C(=Nc2cc(C=NC)c(N)cc2CCC)NC(=O)N(C)c2cncc(C)c2)ccc1P. The second kappa shape index (κ2) is 15.7. The van der Waals surface area contributed by atoms with E-state index in [9.17, 15) is 9.59 Å². The van der Waals surface area contributed by atoms with E-state index in [1.54, 1.807) is 32.7 Å². The van der Waals surface area contributed by atoms with Crippen LogP contribution in [0.3, 0.4) is 0 Å². The van der Waals surface area contributed by atoms with Crippen molar-refractivity contribution in [3.8, 4) is 0 Å². The minimum absolute atomic E-state index is 0.0492. The van der Waals surface area contributed by atoms with E-state index in [0.29, 0.717) is 41.2 Å². The first kappa shape index (κ1) is 33.1. The smallest absolute Gasteiger partial charge is 0.328 e. The molecule has 2 aromatic heterocycles. The molecule has 3 N–H and O–H groups in total. The number of hydrogen-bond acceptors (Lipinski definition) is 7. The molecule has 11 heteroatoms. The Balaban J connectivity index is 2.12. The fraction of sp³-hybridized carbons (Fsp3) is 0.312. The second-order valence-electron chi connectivity index (χ2n) is 10.2. The number of nitrogens with two attached hydrogens (primary N) is 1. The Kier molecular flexibility index (Phi) is 12.1. The number of guanidine groups is 1. The van der Waals surface area contributed by atoms with Crippen LogP contribution in [-0.2, 0) is 17.8 Å². The summed E-state index contributed by atoms with van der Waals surface area (Å²) in [6, 6.07) is 8.84. The van der Waals surface area contributed by atoms with Crippen LogP contribution in [0.5, 0.6) is 0 Å². The molecule has 0 saturated carbocycles. The molecule has 3 amide bonds. The fourth-order valence-corrected chi connectivity index (χ4v) is 4.83. The third-order valence-electron chi connectivity index (χ3n) is 6.67. The van der Waals surface area contributed by atoms with Gasteiger partial charge in [0.05, 0.1) is 35.5 Å². The number of aromatic nitrogens is 2. The van der Waals surface area contributed by atoms with Crippen LogP contribution in [0.15, 0.2) is 58.8 Å². The number of hydrogen-bond donors (Lipinski definition) is 2. The summed E-state index contributed by atoms with van der Waals surface area (Å²) in [6.07, 6.45) is 10.1. The average molecular weight is 601 g/mol. The molecule has 0 spiro atoms. The van der Waals surface area contributed by atoms with Gasteiger partial charge in [-0.3, -0.25) is 34.9 Å². The number of aryl methyl sites for hydroxylation is 2. The lowest BCUT2D eigenvalue weighted by Gasteiger charge is -2.24. The minimum atomic E-state index is -0.489. The number of anilines is 2. The molecule has 226 valence electrons. The molecule has 0 fully saturated rings. The summed E-state index contributed by atoms with van der Waals surface area (Å²) in [7, 11) is 6.00. The summed E-state index contributed by atoms with van der Waals surface area (Å²) in [6.45, 7) is 8.12. The predicted molar refractivity (Wildman–Crippen MR) is 181 cm³/mol. The number of allylic oxidation sites excluding steroid dienone is 2. The molecular formula is C32H41N8O2P. The average Bonchev–Trinajstić information content (AvgIpc) is 2.98. The number of amides is 3. The second-order valence-corrected chi connectivity index (χ2v) is 10.8. The van der Waals surface area contributed by atoms with Crippen LogP contribution in [0.1, 0.15) is 61.7 Å². The quantitative estimate of drug-likeness (QED) is 0.109. The molecule has 0 aliphatic rings. The van der Waals surface area contributed by atoms with Crippen LogP contribution in [-0.4, -0.2) is 53.6 Å². The van der Waals surface area contributed by atoms with Crippen LogP contribution in [0.2, 0.25) is 0 Å². The summed E-state index contributed by atoms with van der Waals surface area (Å²) in [5, 5.41) is 3.81. The molecular weight excluding hydrogens is 559 g/mol. The topological polar surface area (TPSA) is 129 Å². The maximum Gasteiger partial charge on any atom is 0.328 e. The van der Waals surface area contributed by atoms with Gasteiger partial charge in [0.25, 0.3) is 0 Å². The number of rotatable bonds is 10. The zero-order valence-corrected chi connectivity index (χ0v) is 26.9. The van der Waals surface area contributed by atoms with Gasteiger partial charge in [0.1, 0.15) is 0 Å². The molecule has 0 saturated heterocycles. The normalized spacial score (nSPS) is 12.0. The summed E-state index contributed by atoms with van der Waals surface area (Å²) in [5.74, 6) is 0.0492. The number of urea groups is 1. The van der Waals surface area contributed by atoms with Crippen molar-refractivity contribution in [1.29, 1.82) is 0 Å². The first-order valence-electron chi connectivity index (χ1n) is 14.2. The van der Waals surface area contributed by atoms with Crippen molar-refractivity contribution in [2.24, 2.45) is 9.98 Å². The van der Waals surface area contributed by atoms with Crippen molar-refractivity contribution in [1.82, 2.24) is 20.2 Å². The van der Waals surface area contributed by atoms with E-state index < -0.39 is 6.03 Å². The Morgan fingerprint density at radius 1 is 1.19 bits per heavy atom. The number of pyridine rings is 2. The molecule has 2 heterocycles. The fourth-order valence-electron chi connectivity index (χ4n) is 4.44. The highest BCUT2D eigenvalue weighted by Crippen LogP contribution is 2.27. The van der Waals surface area contributed by atoms with Crippen LogP contribution < -0.4 is 21.3 Å². The first-order chi connectivity index (χ1) is 20.6. The number of nitrogen functional groups attached to an aromatic ring is 1. The van der Waals surface area contributed by atoms with E-state index in [2.05, 4.69) is 44.5 Å². The predicted octanol–water partition coefficient (Wildman–Crippen LogP) is 5.17. The highest BCUT2D eigenvalue weighted by atomic mass is 31.0. The van der Waals surface area contributed by atoms with E-state index in [-0.39, 0.29) is 12.5 Å². The molecule has 43 heavy (non-hydrogen) atoms. The number of benzene rings is 1. The van der Waals surface area contributed by atoms with Gasteiger partial charge < -0.3 is 5.73 Å². The van der Waals surface area contributed by atoms with Gasteiger partial charge in [-0.05, 0) is 73.0 Å². The van der Waals surface area contributed by atoms with Crippen LogP contribution in [0, 0.1) is 6.92 Å². The lowest BCUT2D eigenvalue weighted by molar-refractivity contribution is -0.115. The van der Waals surface area contributed by atoms with Crippen molar-refractivity contribution in [3.05, 3.63) is 76.9 Å². The zero-order chi connectivity index (χ0) is 31.5. The molecule has 3 aromatic rings. The lowest BCUT2D eigenvalue weighted by Crippen LogP contribution is -2.48. The molecule has 1 aromatic carbocycles. The van der Waals surface area contributed by atoms with Gasteiger partial charge in [-0.15, -0.1) is 9.24 Å². The highest BCUT2D eigenvalue weighted by Gasteiger charge is 2.21. The Hall–Kier alpha value is -4.43. The van der Waals surface area contributed by atoms with E-state index in [4.69, 9.17) is 15.7 Å². The monoisotopic (exact) mass is 600 g/mol. The largest absolute Gasteiger partial charge is 0.398 e. The first-order valence-corrected chi connectivity index (χ1v) is 14.7. The van der Waals surface area contributed by atoms with E-state index >= 15 is 0 Å². The molecule has 10 nitrogen and oxygen atoms in total. The van der Waals surface area contributed by atoms with Gasteiger partial charge in [0, 0.05) is 37.8 Å².